The summed E-state index contributed by atoms with van der Waals surface area (Å²) in [6, 6.07) is 12.9. The summed E-state index contributed by atoms with van der Waals surface area (Å²) >= 11 is 0. The van der Waals surface area contributed by atoms with Gasteiger partial charge >= 0.3 is 0 Å². The molecule has 0 spiro atoms. The molecule has 1 aliphatic rings. The number of carbonyl (C=O) groups excluding carboxylic acids is 1. The number of carbonyl (C=O) groups is 1. The molecule has 1 amide bonds. The van der Waals surface area contributed by atoms with Crippen LogP contribution in [0.2, 0.25) is 0 Å². The first-order valence-corrected chi connectivity index (χ1v) is 11.3. The summed E-state index contributed by atoms with van der Waals surface area (Å²) in [5.41, 5.74) is 1.93. The Bertz CT molecular complexity index is 790. The fraction of sp³-hybridized carbons (Fsp3) is 0.480. The predicted molar refractivity (Wildman–Crippen MR) is 121 cm³/mol. The van der Waals surface area contributed by atoms with Gasteiger partial charge in [0.15, 0.2) is 0 Å². The van der Waals surface area contributed by atoms with Gasteiger partial charge in [0.05, 0.1) is 18.7 Å². The van der Waals surface area contributed by atoms with Gasteiger partial charge in [0.2, 0.25) is 5.91 Å². The van der Waals surface area contributed by atoms with Crippen LogP contribution in [0.15, 0.2) is 48.5 Å². The van der Waals surface area contributed by atoms with Crippen molar-refractivity contribution in [3.05, 3.63) is 71.3 Å². The van der Waals surface area contributed by atoms with E-state index < -0.39 is 0 Å². The molecule has 0 atom stereocenters. The number of nitrogens with one attached hydrogen (secondary N) is 1. The van der Waals surface area contributed by atoms with E-state index in [9.17, 15) is 13.6 Å². The SMILES string of the molecule is CC(C)OCCCNC(=O)CN1CCN(C(c2ccc(F)cc2)c2ccc(F)cc2)CC1. The van der Waals surface area contributed by atoms with Gasteiger partial charge in [0.1, 0.15) is 11.6 Å². The zero-order valence-corrected chi connectivity index (χ0v) is 18.9. The first-order chi connectivity index (χ1) is 15.4. The second-order valence-corrected chi connectivity index (χ2v) is 8.44. The number of hydrogen-bond acceptors (Lipinski definition) is 4. The third-order valence-electron chi connectivity index (χ3n) is 5.61. The van der Waals surface area contributed by atoms with Crippen LogP contribution in [-0.4, -0.2) is 67.7 Å². The van der Waals surface area contributed by atoms with Crippen molar-refractivity contribution in [3.63, 3.8) is 0 Å². The maximum atomic E-state index is 13.5. The van der Waals surface area contributed by atoms with Crippen LogP contribution in [0, 0.1) is 11.6 Å². The molecule has 0 radical (unpaired) electrons. The maximum Gasteiger partial charge on any atom is 0.234 e. The zero-order chi connectivity index (χ0) is 22.9. The second-order valence-electron chi connectivity index (χ2n) is 8.44. The third-order valence-corrected chi connectivity index (χ3v) is 5.61. The lowest BCUT2D eigenvalue weighted by atomic mass is 9.96. The van der Waals surface area contributed by atoms with Gasteiger partial charge in [-0.25, -0.2) is 8.78 Å². The van der Waals surface area contributed by atoms with Gasteiger partial charge < -0.3 is 10.1 Å². The maximum absolute atomic E-state index is 13.5. The highest BCUT2D eigenvalue weighted by molar-refractivity contribution is 5.77. The predicted octanol–water partition coefficient (Wildman–Crippen LogP) is 3.60. The van der Waals surface area contributed by atoms with Gasteiger partial charge in [-0.2, -0.15) is 0 Å². The molecule has 0 aromatic heterocycles. The second kappa shape index (κ2) is 12.0. The quantitative estimate of drug-likeness (QED) is 0.568. The average molecular weight is 446 g/mol. The Morgan fingerprint density at radius 1 is 0.938 bits per heavy atom. The smallest absolute Gasteiger partial charge is 0.234 e. The molecular weight excluding hydrogens is 412 g/mol. The number of ether oxygens (including phenoxy) is 1. The highest BCUT2D eigenvalue weighted by Crippen LogP contribution is 2.30. The Hall–Kier alpha value is -2.35. The van der Waals surface area contributed by atoms with E-state index in [1.54, 1.807) is 24.3 Å². The van der Waals surface area contributed by atoms with Gasteiger partial charge in [0.25, 0.3) is 0 Å². The van der Waals surface area contributed by atoms with Crippen molar-refractivity contribution < 1.29 is 18.3 Å². The van der Waals surface area contributed by atoms with Crippen molar-refractivity contribution in [2.75, 3.05) is 45.9 Å². The summed E-state index contributed by atoms with van der Waals surface area (Å²) in [4.78, 5) is 16.7. The van der Waals surface area contributed by atoms with Crippen molar-refractivity contribution in [2.24, 2.45) is 0 Å². The summed E-state index contributed by atoms with van der Waals surface area (Å²) in [7, 11) is 0. The van der Waals surface area contributed by atoms with Crippen LogP contribution in [0.3, 0.4) is 0 Å². The highest BCUT2D eigenvalue weighted by atomic mass is 19.1. The van der Waals surface area contributed by atoms with Crippen LogP contribution in [0.5, 0.6) is 0 Å². The monoisotopic (exact) mass is 445 g/mol. The van der Waals surface area contributed by atoms with Gasteiger partial charge in [-0.1, -0.05) is 24.3 Å². The fourth-order valence-electron chi connectivity index (χ4n) is 3.96. The largest absolute Gasteiger partial charge is 0.379 e. The Morgan fingerprint density at radius 3 is 1.97 bits per heavy atom. The Kier molecular flexibility index (Phi) is 9.14. The number of halogens is 2. The molecule has 0 aliphatic carbocycles. The van der Waals surface area contributed by atoms with Crippen molar-refractivity contribution in [1.29, 1.82) is 0 Å². The summed E-state index contributed by atoms with van der Waals surface area (Å²) in [5.74, 6) is -0.534. The van der Waals surface area contributed by atoms with E-state index in [1.807, 2.05) is 13.8 Å². The number of benzene rings is 2. The minimum absolute atomic E-state index is 0.0246. The lowest BCUT2D eigenvalue weighted by Gasteiger charge is -2.39. The molecule has 1 N–H and O–H groups in total. The van der Waals surface area contributed by atoms with Crippen molar-refractivity contribution in [2.45, 2.75) is 32.4 Å². The minimum atomic E-state index is -0.279. The average Bonchev–Trinajstić information content (AvgIpc) is 2.77. The summed E-state index contributed by atoms with van der Waals surface area (Å²) in [6.45, 7) is 8.64. The number of hydrogen-bond donors (Lipinski definition) is 1. The van der Waals surface area contributed by atoms with E-state index in [0.29, 0.717) is 19.7 Å². The molecule has 1 fully saturated rings. The summed E-state index contributed by atoms with van der Waals surface area (Å²) in [5, 5.41) is 2.95. The van der Waals surface area contributed by atoms with E-state index in [0.717, 1.165) is 43.7 Å². The molecule has 2 aromatic rings. The molecule has 1 saturated heterocycles. The van der Waals surface area contributed by atoms with Gasteiger partial charge in [0, 0.05) is 39.3 Å². The molecule has 7 heteroatoms. The van der Waals surface area contributed by atoms with Gasteiger partial charge in [-0.15, -0.1) is 0 Å². The van der Waals surface area contributed by atoms with Crippen molar-refractivity contribution in [1.82, 2.24) is 15.1 Å². The van der Waals surface area contributed by atoms with Crippen molar-refractivity contribution in [3.8, 4) is 0 Å². The zero-order valence-electron chi connectivity index (χ0n) is 18.9. The summed E-state index contributed by atoms with van der Waals surface area (Å²) in [6.07, 6.45) is 1.00. The molecule has 1 heterocycles. The van der Waals surface area contributed by atoms with E-state index in [4.69, 9.17) is 4.74 Å². The van der Waals surface area contributed by atoms with Crippen LogP contribution in [0.4, 0.5) is 8.78 Å². The molecular formula is C25H33F2N3O2. The molecule has 2 aromatic carbocycles. The van der Waals surface area contributed by atoms with Crippen LogP contribution >= 0.6 is 0 Å². The van der Waals surface area contributed by atoms with Crippen LogP contribution < -0.4 is 5.32 Å². The number of rotatable bonds is 10. The van der Waals surface area contributed by atoms with E-state index in [2.05, 4.69) is 15.1 Å². The highest BCUT2D eigenvalue weighted by Gasteiger charge is 2.27. The summed E-state index contributed by atoms with van der Waals surface area (Å²) < 4.78 is 32.4. The van der Waals surface area contributed by atoms with Gasteiger partial charge in [-0.05, 0) is 55.7 Å². The van der Waals surface area contributed by atoms with E-state index in [1.165, 1.54) is 24.3 Å². The first-order valence-electron chi connectivity index (χ1n) is 11.3. The number of piperazine rings is 1. The Balaban J connectivity index is 1.54. The lowest BCUT2D eigenvalue weighted by Crippen LogP contribution is -2.50. The first kappa shape index (κ1) is 24.3. The van der Waals surface area contributed by atoms with Crippen LogP contribution in [-0.2, 0) is 9.53 Å². The van der Waals surface area contributed by atoms with Gasteiger partial charge in [-0.3, -0.25) is 14.6 Å². The topological polar surface area (TPSA) is 44.8 Å². The fourth-order valence-corrected chi connectivity index (χ4v) is 3.96. The minimum Gasteiger partial charge on any atom is -0.379 e. The van der Waals surface area contributed by atoms with Crippen molar-refractivity contribution >= 4 is 5.91 Å². The molecule has 174 valence electrons. The number of nitrogens with zero attached hydrogens (tertiary/aromatic N) is 2. The van der Waals surface area contributed by atoms with Crippen LogP contribution in [0.1, 0.15) is 37.4 Å². The molecule has 0 bridgehead atoms. The molecule has 5 nitrogen and oxygen atoms in total. The van der Waals surface area contributed by atoms with E-state index >= 15 is 0 Å². The molecule has 0 saturated carbocycles. The lowest BCUT2D eigenvalue weighted by molar-refractivity contribution is -0.122. The van der Waals surface area contributed by atoms with E-state index in [-0.39, 0.29) is 29.7 Å². The normalized spacial score (nSPS) is 15.4. The number of amides is 1. The molecule has 1 aliphatic heterocycles. The molecule has 32 heavy (non-hydrogen) atoms. The Labute approximate surface area is 189 Å². The molecule has 0 unspecified atom stereocenters. The van der Waals surface area contributed by atoms with Crippen LogP contribution in [0.25, 0.3) is 0 Å². The Morgan fingerprint density at radius 2 is 1.47 bits per heavy atom. The standard InChI is InChI=1S/C25H33F2N3O2/c1-19(2)32-17-3-12-28-24(31)18-29-13-15-30(16-14-29)25(20-4-8-22(26)9-5-20)21-6-10-23(27)11-7-21/h4-11,19,25H,3,12-18H2,1-2H3,(H,28,31). The molecule has 3 rings (SSSR count). The third kappa shape index (κ3) is 7.36.